The first-order valence-corrected chi connectivity index (χ1v) is 8.27. The molecule has 7 heteroatoms. The lowest BCUT2D eigenvalue weighted by Gasteiger charge is -2.14. The molecule has 136 valence electrons. The fourth-order valence-electron chi connectivity index (χ4n) is 2.69. The lowest BCUT2D eigenvalue weighted by atomic mass is 10.2. The molecule has 0 aliphatic heterocycles. The van der Waals surface area contributed by atoms with Gasteiger partial charge in [0.2, 0.25) is 0 Å². The minimum absolute atomic E-state index is 0.0765. The minimum Gasteiger partial charge on any atom is -0.491 e. The number of hydrogen-bond acceptors (Lipinski definition) is 6. The third kappa shape index (κ3) is 3.75. The number of pyridine rings is 1. The maximum absolute atomic E-state index is 12.2. The molecule has 0 radical (unpaired) electrons. The van der Waals surface area contributed by atoms with Crippen molar-refractivity contribution in [3.05, 3.63) is 71.8 Å². The van der Waals surface area contributed by atoms with E-state index in [1.54, 1.807) is 18.3 Å². The van der Waals surface area contributed by atoms with Gasteiger partial charge < -0.3 is 19.8 Å². The van der Waals surface area contributed by atoms with E-state index in [2.05, 4.69) is 4.98 Å². The molecule has 3 aromatic rings. The summed E-state index contributed by atoms with van der Waals surface area (Å²) in [4.78, 5) is 16.5. The Morgan fingerprint density at radius 3 is 2.74 bits per heavy atom. The molecule has 27 heavy (non-hydrogen) atoms. The highest BCUT2D eigenvalue weighted by atomic mass is 16.5. The van der Waals surface area contributed by atoms with Crippen LogP contribution in [0.5, 0.6) is 5.75 Å². The van der Waals surface area contributed by atoms with Crippen LogP contribution in [-0.2, 0) is 11.2 Å². The summed E-state index contributed by atoms with van der Waals surface area (Å²) in [7, 11) is 1.26. The van der Waals surface area contributed by atoms with E-state index in [4.69, 9.17) is 15.2 Å². The summed E-state index contributed by atoms with van der Waals surface area (Å²) in [5.41, 5.74) is 7.83. The smallest absolute Gasteiger partial charge is 0.357 e. The monoisotopic (exact) mass is 362 g/mol. The third-order valence-corrected chi connectivity index (χ3v) is 4.01. The molecule has 2 N–H and O–H groups in total. The molecule has 3 rings (SSSR count). The van der Waals surface area contributed by atoms with Crippen molar-refractivity contribution in [2.75, 3.05) is 19.5 Å². The van der Waals surface area contributed by atoms with Gasteiger partial charge >= 0.3 is 5.97 Å². The topological polar surface area (TPSA) is 103 Å². The van der Waals surface area contributed by atoms with Gasteiger partial charge in [-0.2, -0.15) is 5.26 Å². The van der Waals surface area contributed by atoms with Crippen molar-refractivity contribution in [1.29, 1.82) is 5.26 Å². The molecule has 0 saturated carbocycles. The zero-order valence-electron chi connectivity index (χ0n) is 14.8. The van der Waals surface area contributed by atoms with Crippen LogP contribution < -0.4 is 10.5 Å². The average molecular weight is 362 g/mol. The molecule has 0 amide bonds. The van der Waals surface area contributed by atoms with Gasteiger partial charge in [-0.25, -0.2) is 4.79 Å². The van der Waals surface area contributed by atoms with Gasteiger partial charge in [0, 0.05) is 24.5 Å². The van der Waals surface area contributed by atoms with Gasteiger partial charge in [0.25, 0.3) is 0 Å². The molecule has 0 bridgehead atoms. The van der Waals surface area contributed by atoms with E-state index in [0.29, 0.717) is 24.5 Å². The summed E-state index contributed by atoms with van der Waals surface area (Å²) in [6, 6.07) is 14.9. The second kappa shape index (κ2) is 8.06. The number of benzene rings is 1. The Balaban J connectivity index is 1.92. The number of para-hydroxylation sites is 2. The number of aromatic nitrogens is 2. The molecular weight excluding hydrogens is 344 g/mol. The quantitative estimate of drug-likeness (QED) is 0.676. The average Bonchev–Trinajstić information content (AvgIpc) is 3.05. The molecule has 0 saturated heterocycles. The largest absolute Gasteiger partial charge is 0.491 e. The number of esters is 1. The Labute approximate surface area is 156 Å². The summed E-state index contributed by atoms with van der Waals surface area (Å²) >= 11 is 0. The van der Waals surface area contributed by atoms with Gasteiger partial charge in [-0.3, -0.25) is 4.98 Å². The highest BCUT2D eigenvalue weighted by Crippen LogP contribution is 2.30. The van der Waals surface area contributed by atoms with Gasteiger partial charge in [-0.15, -0.1) is 0 Å². The Morgan fingerprint density at radius 2 is 2.04 bits per heavy atom. The lowest BCUT2D eigenvalue weighted by molar-refractivity contribution is 0.0593. The predicted molar refractivity (Wildman–Crippen MR) is 99.7 cm³/mol. The van der Waals surface area contributed by atoms with Crippen molar-refractivity contribution >= 4 is 11.7 Å². The van der Waals surface area contributed by atoms with E-state index >= 15 is 0 Å². The van der Waals surface area contributed by atoms with Gasteiger partial charge in [0.15, 0.2) is 5.69 Å². The number of methoxy groups -OCH3 is 1. The standard InChI is InChI=1S/C20H18N4O3/c1-26-20(25)19-18(22)14(12-21)13-24(19)16-7-2-3-8-17(16)27-11-9-15-6-4-5-10-23-15/h2-8,10,13H,9,11,22H2,1H3. The van der Waals surface area contributed by atoms with Crippen LogP contribution in [0, 0.1) is 11.3 Å². The van der Waals surface area contributed by atoms with E-state index in [-0.39, 0.29) is 16.9 Å². The fraction of sp³-hybridized carbons (Fsp3) is 0.150. The molecule has 0 spiro atoms. The third-order valence-electron chi connectivity index (χ3n) is 4.01. The van der Waals surface area contributed by atoms with Crippen LogP contribution in [0.2, 0.25) is 0 Å². The molecule has 0 atom stereocenters. The van der Waals surface area contributed by atoms with Crippen molar-refractivity contribution in [3.63, 3.8) is 0 Å². The molecule has 0 unspecified atom stereocenters. The highest BCUT2D eigenvalue weighted by molar-refractivity contribution is 5.96. The van der Waals surface area contributed by atoms with Crippen molar-refractivity contribution < 1.29 is 14.3 Å². The molecule has 1 aromatic carbocycles. The van der Waals surface area contributed by atoms with Crippen LogP contribution in [0.3, 0.4) is 0 Å². The van der Waals surface area contributed by atoms with Crippen LogP contribution >= 0.6 is 0 Å². The van der Waals surface area contributed by atoms with E-state index in [0.717, 1.165) is 5.69 Å². The number of rotatable bonds is 6. The number of anilines is 1. The molecular formula is C20H18N4O3. The molecule has 0 aliphatic rings. The van der Waals surface area contributed by atoms with Crippen molar-refractivity contribution in [1.82, 2.24) is 9.55 Å². The number of hydrogen-bond donors (Lipinski definition) is 1. The zero-order valence-corrected chi connectivity index (χ0v) is 14.8. The number of ether oxygens (including phenoxy) is 2. The summed E-state index contributed by atoms with van der Waals surface area (Å²) in [6.45, 7) is 0.406. The lowest BCUT2D eigenvalue weighted by Crippen LogP contribution is -2.12. The Kier molecular flexibility index (Phi) is 5.38. The normalized spacial score (nSPS) is 10.2. The van der Waals surface area contributed by atoms with Crippen molar-refractivity contribution in [2.24, 2.45) is 0 Å². The van der Waals surface area contributed by atoms with Crippen molar-refractivity contribution in [3.8, 4) is 17.5 Å². The van der Waals surface area contributed by atoms with E-state index in [1.165, 1.54) is 17.9 Å². The Morgan fingerprint density at radius 1 is 1.26 bits per heavy atom. The first kappa shape index (κ1) is 18.0. The highest BCUT2D eigenvalue weighted by Gasteiger charge is 2.23. The minimum atomic E-state index is -0.628. The Bertz CT molecular complexity index is 990. The van der Waals surface area contributed by atoms with Gasteiger partial charge in [0.1, 0.15) is 11.8 Å². The number of nitrogens with zero attached hydrogens (tertiary/aromatic N) is 3. The number of nitriles is 1. The molecule has 2 aromatic heterocycles. The van der Waals surface area contributed by atoms with Crippen molar-refractivity contribution in [2.45, 2.75) is 6.42 Å². The zero-order chi connectivity index (χ0) is 19.2. The van der Waals surface area contributed by atoms with Crippen LogP contribution in [-0.4, -0.2) is 29.2 Å². The maximum Gasteiger partial charge on any atom is 0.357 e. The van der Waals surface area contributed by atoms with Crippen LogP contribution in [0.15, 0.2) is 54.9 Å². The predicted octanol–water partition coefficient (Wildman–Crippen LogP) is 2.73. The Hall–Kier alpha value is -3.79. The van der Waals surface area contributed by atoms with E-state index in [9.17, 15) is 10.1 Å². The van der Waals surface area contributed by atoms with Gasteiger partial charge in [-0.1, -0.05) is 18.2 Å². The van der Waals surface area contributed by atoms with E-state index < -0.39 is 5.97 Å². The molecule has 7 nitrogen and oxygen atoms in total. The second-order valence-corrected chi connectivity index (χ2v) is 5.67. The number of nitrogen functional groups attached to an aromatic ring is 1. The summed E-state index contributed by atoms with van der Waals surface area (Å²) in [6.07, 6.45) is 3.87. The SMILES string of the molecule is COC(=O)c1c(N)c(C#N)cn1-c1ccccc1OCCc1ccccn1. The first-order chi connectivity index (χ1) is 13.2. The number of carbonyl (C=O) groups is 1. The van der Waals surface area contributed by atoms with Crippen LogP contribution in [0.4, 0.5) is 5.69 Å². The maximum atomic E-state index is 12.2. The van der Waals surface area contributed by atoms with Crippen LogP contribution in [0.25, 0.3) is 5.69 Å². The molecule has 0 aliphatic carbocycles. The molecule has 0 fully saturated rings. The fourth-order valence-corrected chi connectivity index (χ4v) is 2.69. The summed E-state index contributed by atoms with van der Waals surface area (Å²) < 4.78 is 12.3. The number of carbonyl (C=O) groups excluding carboxylic acids is 1. The molecule has 2 heterocycles. The van der Waals surface area contributed by atoms with Gasteiger partial charge in [-0.05, 0) is 24.3 Å². The first-order valence-electron chi connectivity index (χ1n) is 8.27. The summed E-state index contributed by atoms with van der Waals surface area (Å²) in [5.74, 6) is -0.0737. The van der Waals surface area contributed by atoms with Gasteiger partial charge in [0.05, 0.1) is 30.7 Å². The number of nitrogens with two attached hydrogens (primary N) is 1. The van der Waals surface area contributed by atoms with Crippen LogP contribution in [0.1, 0.15) is 21.7 Å². The summed E-state index contributed by atoms with van der Waals surface area (Å²) in [5, 5.41) is 9.26. The van der Waals surface area contributed by atoms with E-state index in [1.807, 2.05) is 36.4 Å². The second-order valence-electron chi connectivity index (χ2n) is 5.67.